The van der Waals surface area contributed by atoms with E-state index in [4.69, 9.17) is 9.73 Å². The van der Waals surface area contributed by atoms with E-state index in [0.29, 0.717) is 29.0 Å². The Kier molecular flexibility index (Phi) is 7.62. The number of likely N-dealkylation sites (N-methyl/N-ethyl adjacent to an activating group) is 1. The smallest absolute Gasteiger partial charge is 0.269 e. The van der Waals surface area contributed by atoms with Gasteiger partial charge in [-0.2, -0.15) is 0 Å². The normalized spacial score (nSPS) is 15.7. The summed E-state index contributed by atoms with van der Waals surface area (Å²) in [5, 5.41) is 11.5. The summed E-state index contributed by atoms with van der Waals surface area (Å²) in [6, 6.07) is 21.7. The molecule has 4 rings (SSSR count). The molecule has 0 radical (unpaired) electrons. The number of aliphatic imine (C=N–C) groups is 1. The zero-order valence-electron chi connectivity index (χ0n) is 19.5. The maximum absolute atomic E-state index is 13.0. The minimum atomic E-state index is -0.427. The Morgan fingerprint density at radius 2 is 1.74 bits per heavy atom. The van der Waals surface area contributed by atoms with Crippen molar-refractivity contribution >= 4 is 40.3 Å². The Bertz CT molecular complexity index is 1280. The molecule has 35 heavy (non-hydrogen) atoms. The van der Waals surface area contributed by atoms with Crippen LogP contribution in [0, 0.1) is 10.1 Å². The highest BCUT2D eigenvalue weighted by molar-refractivity contribution is 8.18. The maximum atomic E-state index is 13.0. The van der Waals surface area contributed by atoms with Crippen LogP contribution in [0.2, 0.25) is 0 Å². The number of amidine groups is 1. The van der Waals surface area contributed by atoms with Gasteiger partial charge in [0, 0.05) is 18.7 Å². The summed E-state index contributed by atoms with van der Waals surface area (Å²) in [4.78, 5) is 30.4. The van der Waals surface area contributed by atoms with E-state index in [-0.39, 0.29) is 11.6 Å². The average Bonchev–Trinajstić information content (AvgIpc) is 3.17. The number of ether oxygens (including phenoxy) is 1. The molecule has 1 fully saturated rings. The van der Waals surface area contributed by atoms with Crippen molar-refractivity contribution in [2.75, 3.05) is 6.54 Å². The number of nitrogens with zero attached hydrogens (tertiary/aromatic N) is 3. The van der Waals surface area contributed by atoms with Crippen molar-refractivity contribution < 1.29 is 14.5 Å². The van der Waals surface area contributed by atoms with Gasteiger partial charge in [0.2, 0.25) is 0 Å². The van der Waals surface area contributed by atoms with Crippen LogP contribution in [-0.4, -0.2) is 27.4 Å². The predicted molar refractivity (Wildman–Crippen MR) is 140 cm³/mol. The third kappa shape index (κ3) is 5.78. The summed E-state index contributed by atoms with van der Waals surface area (Å²) in [6.07, 6.45) is 2.74. The fourth-order valence-corrected chi connectivity index (χ4v) is 4.64. The van der Waals surface area contributed by atoms with Gasteiger partial charge in [0.1, 0.15) is 12.4 Å². The Morgan fingerprint density at radius 1 is 1.03 bits per heavy atom. The number of nitro groups is 1. The Balaban J connectivity index is 1.45. The number of carbonyl (C=O) groups excluding carboxylic acids is 1. The van der Waals surface area contributed by atoms with Crippen molar-refractivity contribution in [2.45, 2.75) is 26.9 Å². The highest BCUT2D eigenvalue weighted by Crippen LogP contribution is 2.35. The molecule has 8 heteroatoms. The third-order valence-corrected chi connectivity index (χ3v) is 6.53. The number of nitro benzene ring substituents is 1. The summed E-state index contributed by atoms with van der Waals surface area (Å²) in [7, 11) is 0. The first-order valence-corrected chi connectivity index (χ1v) is 12.1. The summed E-state index contributed by atoms with van der Waals surface area (Å²) >= 11 is 1.38. The van der Waals surface area contributed by atoms with Crippen molar-refractivity contribution in [2.24, 2.45) is 4.99 Å². The van der Waals surface area contributed by atoms with Gasteiger partial charge in [-0.25, -0.2) is 4.99 Å². The Labute approximate surface area is 208 Å². The fourth-order valence-electron chi connectivity index (χ4n) is 3.58. The molecule has 0 aliphatic carbocycles. The number of non-ortho nitro benzene ring substituents is 1. The first-order chi connectivity index (χ1) is 17.0. The molecule has 0 N–H and O–H groups in total. The lowest BCUT2D eigenvalue weighted by Crippen LogP contribution is -2.28. The largest absolute Gasteiger partial charge is 0.489 e. The molecule has 1 aliphatic rings. The molecule has 178 valence electrons. The molecule has 1 saturated heterocycles. The number of thioether (sulfide) groups is 1. The van der Waals surface area contributed by atoms with E-state index in [2.05, 4.69) is 13.0 Å². The average molecular weight is 488 g/mol. The van der Waals surface area contributed by atoms with Gasteiger partial charge in [0.05, 0.1) is 15.5 Å². The van der Waals surface area contributed by atoms with Crippen molar-refractivity contribution in [1.82, 2.24) is 4.90 Å². The Morgan fingerprint density at radius 3 is 2.40 bits per heavy atom. The monoisotopic (exact) mass is 487 g/mol. The molecule has 7 nitrogen and oxygen atoms in total. The summed E-state index contributed by atoms with van der Waals surface area (Å²) in [5.41, 5.74) is 3.81. The van der Waals surface area contributed by atoms with Crippen LogP contribution >= 0.6 is 11.8 Å². The number of rotatable bonds is 8. The van der Waals surface area contributed by atoms with Crippen LogP contribution in [0.5, 0.6) is 5.75 Å². The molecule has 0 atom stereocenters. The highest BCUT2D eigenvalue weighted by Gasteiger charge is 2.32. The van der Waals surface area contributed by atoms with E-state index in [1.807, 2.05) is 55.5 Å². The van der Waals surface area contributed by atoms with Crippen LogP contribution in [0.25, 0.3) is 6.08 Å². The topological polar surface area (TPSA) is 85.0 Å². The van der Waals surface area contributed by atoms with E-state index in [9.17, 15) is 14.9 Å². The number of benzene rings is 3. The molecule has 1 aliphatic heterocycles. The minimum Gasteiger partial charge on any atom is -0.489 e. The number of amides is 1. The molecule has 0 aromatic heterocycles. The lowest BCUT2D eigenvalue weighted by atomic mass is 10.1. The quantitative estimate of drug-likeness (QED) is 0.210. The molecule has 3 aromatic carbocycles. The molecule has 1 heterocycles. The number of para-hydroxylation sites is 1. The summed E-state index contributed by atoms with van der Waals surface area (Å²) in [6.45, 7) is 4.89. The van der Waals surface area contributed by atoms with Gasteiger partial charge < -0.3 is 4.74 Å². The van der Waals surface area contributed by atoms with Gasteiger partial charge in [0.15, 0.2) is 5.17 Å². The fraction of sp³-hybridized carbons (Fsp3) is 0.185. The standard InChI is InChI=1S/C27H25N3O4S/c1-3-21-7-5-6-8-24(21)28-27-29(4-2)26(31)25(35-27)17-19-11-15-23(16-12-19)34-18-20-9-13-22(14-10-20)30(32)33/h5-17H,3-4,18H2,1-2H3/b25-17+,28-27?. The van der Waals surface area contributed by atoms with E-state index >= 15 is 0 Å². The van der Waals surface area contributed by atoms with Crippen molar-refractivity contribution in [3.8, 4) is 5.75 Å². The van der Waals surface area contributed by atoms with Gasteiger partial charge in [-0.1, -0.05) is 37.3 Å². The van der Waals surface area contributed by atoms with Gasteiger partial charge >= 0.3 is 0 Å². The molecule has 0 bridgehead atoms. The van der Waals surface area contributed by atoms with E-state index in [1.165, 1.54) is 23.9 Å². The summed E-state index contributed by atoms with van der Waals surface area (Å²) in [5.74, 6) is 0.619. The number of hydrogen-bond acceptors (Lipinski definition) is 6. The van der Waals surface area contributed by atoms with Crippen LogP contribution in [-0.2, 0) is 17.8 Å². The molecule has 0 spiro atoms. The number of hydrogen-bond donors (Lipinski definition) is 0. The number of aryl methyl sites for hydroxylation is 1. The molecule has 3 aromatic rings. The molecule has 1 amide bonds. The van der Waals surface area contributed by atoms with Crippen LogP contribution < -0.4 is 4.74 Å². The van der Waals surface area contributed by atoms with Crippen molar-refractivity contribution in [1.29, 1.82) is 0 Å². The second-order valence-electron chi connectivity index (χ2n) is 7.82. The zero-order valence-corrected chi connectivity index (χ0v) is 20.3. The molecular formula is C27H25N3O4S. The lowest BCUT2D eigenvalue weighted by molar-refractivity contribution is -0.384. The van der Waals surface area contributed by atoms with Crippen molar-refractivity contribution in [3.05, 3.63) is 105 Å². The second-order valence-corrected chi connectivity index (χ2v) is 8.83. The maximum Gasteiger partial charge on any atom is 0.269 e. The third-order valence-electron chi connectivity index (χ3n) is 5.52. The number of carbonyl (C=O) groups is 1. The second kappa shape index (κ2) is 11.0. The zero-order chi connectivity index (χ0) is 24.8. The van der Waals surface area contributed by atoms with Crippen LogP contribution in [0.1, 0.15) is 30.5 Å². The SMILES string of the molecule is CCc1ccccc1N=C1S/C(=C/c2ccc(OCc3ccc([N+](=O)[O-])cc3)cc2)C(=O)N1CC. The van der Waals surface area contributed by atoms with E-state index in [1.54, 1.807) is 17.0 Å². The van der Waals surface area contributed by atoms with Gasteiger partial charge in [-0.15, -0.1) is 0 Å². The first-order valence-electron chi connectivity index (χ1n) is 11.3. The van der Waals surface area contributed by atoms with Crippen LogP contribution in [0.15, 0.2) is 82.7 Å². The summed E-state index contributed by atoms with van der Waals surface area (Å²) < 4.78 is 5.79. The van der Waals surface area contributed by atoms with Gasteiger partial charge in [-0.3, -0.25) is 19.8 Å². The van der Waals surface area contributed by atoms with Gasteiger partial charge in [0.25, 0.3) is 11.6 Å². The predicted octanol–water partition coefficient (Wildman–Crippen LogP) is 6.36. The van der Waals surface area contributed by atoms with Crippen molar-refractivity contribution in [3.63, 3.8) is 0 Å². The molecule has 0 unspecified atom stereocenters. The first kappa shape index (κ1) is 24.2. The van der Waals surface area contributed by atoms with E-state index in [0.717, 1.165) is 28.8 Å². The molecule has 0 saturated carbocycles. The Hall–Kier alpha value is -3.91. The molecular weight excluding hydrogens is 462 g/mol. The minimum absolute atomic E-state index is 0.0508. The lowest BCUT2D eigenvalue weighted by Gasteiger charge is -2.12. The van der Waals surface area contributed by atoms with Crippen LogP contribution in [0.3, 0.4) is 0 Å². The van der Waals surface area contributed by atoms with Gasteiger partial charge in [-0.05, 0) is 78.2 Å². The van der Waals surface area contributed by atoms with Crippen LogP contribution in [0.4, 0.5) is 11.4 Å². The van der Waals surface area contributed by atoms with E-state index < -0.39 is 4.92 Å². The highest BCUT2D eigenvalue weighted by atomic mass is 32.2.